The molecule has 40 heavy (non-hydrogen) atoms. The van der Waals surface area contributed by atoms with Crippen molar-refractivity contribution in [3.63, 3.8) is 0 Å². The summed E-state index contributed by atoms with van der Waals surface area (Å²) in [5.41, 5.74) is 2.62. The van der Waals surface area contributed by atoms with Crippen LogP contribution < -0.4 is 5.32 Å². The van der Waals surface area contributed by atoms with Crippen molar-refractivity contribution in [2.75, 3.05) is 31.5 Å². The Kier molecular flexibility index (Phi) is 6.76. The third-order valence-corrected chi connectivity index (χ3v) is 8.45. The first kappa shape index (κ1) is 26.7. The van der Waals surface area contributed by atoms with Gasteiger partial charge in [-0.1, -0.05) is 6.42 Å². The number of nitrogens with one attached hydrogen (secondary N) is 1. The summed E-state index contributed by atoms with van der Waals surface area (Å²) in [4.78, 5) is 38.7. The number of rotatable bonds is 5. The lowest BCUT2D eigenvalue weighted by Crippen LogP contribution is -2.65. The summed E-state index contributed by atoms with van der Waals surface area (Å²) >= 11 is 0. The highest BCUT2D eigenvalue weighted by molar-refractivity contribution is 5.95. The lowest BCUT2D eigenvalue weighted by atomic mass is 9.57. The van der Waals surface area contributed by atoms with Crippen LogP contribution in [0, 0.1) is 11.3 Å². The van der Waals surface area contributed by atoms with Crippen LogP contribution in [-0.2, 0) is 23.1 Å². The highest BCUT2D eigenvalue weighted by atomic mass is 16.6. The molecule has 1 spiro atoms. The monoisotopic (exact) mass is 545 g/mol. The lowest BCUT2D eigenvalue weighted by molar-refractivity contribution is -0.137. The van der Waals surface area contributed by atoms with Gasteiger partial charge in [-0.3, -0.25) is 19.4 Å². The number of piperidine rings is 1. The topological polar surface area (TPSA) is 105 Å². The number of amides is 2. The highest BCUT2D eigenvalue weighted by Crippen LogP contribution is 2.52. The minimum absolute atomic E-state index is 0.0152. The summed E-state index contributed by atoms with van der Waals surface area (Å²) < 4.78 is 7.41. The van der Waals surface area contributed by atoms with E-state index in [2.05, 4.69) is 26.4 Å². The zero-order valence-corrected chi connectivity index (χ0v) is 23.9. The largest absolute Gasteiger partial charge is 0.444 e. The Bertz CT molecular complexity index is 1420. The molecule has 0 atom stereocenters. The van der Waals surface area contributed by atoms with Crippen molar-refractivity contribution in [1.82, 2.24) is 29.5 Å². The second-order valence-corrected chi connectivity index (χ2v) is 12.9. The molecule has 1 saturated carbocycles. The maximum Gasteiger partial charge on any atom is 0.410 e. The van der Waals surface area contributed by atoms with Crippen molar-refractivity contribution in [2.24, 2.45) is 18.4 Å². The molecule has 3 aromatic heterocycles. The molecule has 2 aliphatic heterocycles. The van der Waals surface area contributed by atoms with Gasteiger partial charge in [0.05, 0.1) is 17.6 Å². The van der Waals surface area contributed by atoms with E-state index in [9.17, 15) is 9.59 Å². The second-order valence-electron chi connectivity index (χ2n) is 12.9. The maximum absolute atomic E-state index is 13.0. The number of aromatic nitrogens is 4. The van der Waals surface area contributed by atoms with Crippen LogP contribution in [-0.4, -0.2) is 73.3 Å². The maximum atomic E-state index is 13.0. The fraction of sp³-hybridized carbons (Fsp3) is 0.567. The van der Waals surface area contributed by atoms with Crippen molar-refractivity contribution in [1.29, 1.82) is 0 Å². The number of aryl methyl sites for hydroxylation is 1. The fourth-order valence-corrected chi connectivity index (χ4v) is 6.32. The predicted molar refractivity (Wildman–Crippen MR) is 152 cm³/mol. The molecule has 10 heteroatoms. The average molecular weight is 546 g/mol. The number of nitrogens with zero attached hydrogens (tertiary/aromatic N) is 6. The minimum atomic E-state index is -0.501. The van der Waals surface area contributed by atoms with Gasteiger partial charge < -0.3 is 15.0 Å². The molecule has 2 amide bonds. The molecule has 3 aromatic rings. The van der Waals surface area contributed by atoms with Crippen molar-refractivity contribution >= 4 is 28.6 Å². The molecule has 2 saturated heterocycles. The van der Waals surface area contributed by atoms with Crippen LogP contribution in [0.5, 0.6) is 0 Å². The van der Waals surface area contributed by atoms with Gasteiger partial charge in [-0.05, 0) is 77.1 Å². The number of carbonyl (C=O) groups is 2. The number of pyridine rings is 2. The van der Waals surface area contributed by atoms with Crippen LogP contribution >= 0.6 is 0 Å². The third-order valence-electron chi connectivity index (χ3n) is 8.45. The second kappa shape index (κ2) is 10.1. The summed E-state index contributed by atoms with van der Waals surface area (Å²) in [6, 6.07) is 3.97. The van der Waals surface area contributed by atoms with Crippen LogP contribution in [0.15, 0.2) is 30.7 Å². The van der Waals surface area contributed by atoms with E-state index >= 15 is 0 Å². The summed E-state index contributed by atoms with van der Waals surface area (Å²) in [6.45, 7) is 10.0. The van der Waals surface area contributed by atoms with Crippen LogP contribution in [0.25, 0.3) is 22.0 Å². The zero-order valence-electron chi connectivity index (χ0n) is 23.9. The molecule has 6 rings (SSSR count). The van der Waals surface area contributed by atoms with Crippen LogP contribution in [0.1, 0.15) is 58.6 Å². The van der Waals surface area contributed by atoms with Crippen molar-refractivity contribution in [3.05, 3.63) is 36.4 Å². The van der Waals surface area contributed by atoms with E-state index in [0.717, 1.165) is 60.2 Å². The van der Waals surface area contributed by atoms with Gasteiger partial charge in [0.1, 0.15) is 11.4 Å². The summed E-state index contributed by atoms with van der Waals surface area (Å²) in [6.07, 6.45) is 10.6. The van der Waals surface area contributed by atoms with Crippen LogP contribution in [0.2, 0.25) is 0 Å². The van der Waals surface area contributed by atoms with Crippen molar-refractivity contribution < 1.29 is 14.3 Å². The fourth-order valence-electron chi connectivity index (χ4n) is 6.32. The molecule has 1 N–H and O–H groups in total. The number of fused-ring (bicyclic) bond motifs is 1. The van der Waals surface area contributed by atoms with Gasteiger partial charge in [0, 0.05) is 61.4 Å². The van der Waals surface area contributed by atoms with E-state index in [0.29, 0.717) is 18.9 Å². The van der Waals surface area contributed by atoms with Gasteiger partial charge in [-0.2, -0.15) is 5.10 Å². The Labute approximate surface area is 235 Å². The van der Waals surface area contributed by atoms with Crippen LogP contribution in [0.4, 0.5) is 10.6 Å². The number of carbonyl (C=O) groups excluding carboxylic acids is 2. The smallest absolute Gasteiger partial charge is 0.410 e. The van der Waals surface area contributed by atoms with Gasteiger partial charge in [0.25, 0.3) is 0 Å². The molecule has 0 unspecified atom stereocenters. The van der Waals surface area contributed by atoms with Gasteiger partial charge in [-0.15, -0.1) is 0 Å². The normalized spacial score (nSPS) is 19.4. The first-order valence-corrected chi connectivity index (χ1v) is 14.4. The Morgan fingerprint density at radius 3 is 2.48 bits per heavy atom. The van der Waals surface area contributed by atoms with E-state index in [1.165, 1.54) is 19.3 Å². The quantitative estimate of drug-likeness (QED) is 0.499. The lowest BCUT2D eigenvalue weighted by Gasteiger charge is -2.58. The third kappa shape index (κ3) is 5.41. The van der Waals surface area contributed by atoms with Gasteiger partial charge in [0.15, 0.2) is 0 Å². The Balaban J connectivity index is 1.09. The summed E-state index contributed by atoms with van der Waals surface area (Å²) in [5.74, 6) is 0.455. The molecule has 212 valence electrons. The van der Waals surface area contributed by atoms with E-state index in [4.69, 9.17) is 9.72 Å². The number of anilines is 1. The number of likely N-dealkylation sites (tertiary alicyclic amines) is 2. The first-order chi connectivity index (χ1) is 19.1. The molecule has 0 bridgehead atoms. The molecule has 0 radical (unpaired) electrons. The first-order valence-electron chi connectivity index (χ1n) is 14.4. The summed E-state index contributed by atoms with van der Waals surface area (Å²) in [5, 5.41) is 9.44. The number of hydrogen-bond donors (Lipinski definition) is 1. The van der Waals surface area contributed by atoms with Crippen molar-refractivity contribution in [3.8, 4) is 11.3 Å². The van der Waals surface area contributed by atoms with Gasteiger partial charge in [0.2, 0.25) is 5.91 Å². The van der Waals surface area contributed by atoms with Crippen LogP contribution in [0.3, 0.4) is 0 Å². The van der Waals surface area contributed by atoms with E-state index in [-0.39, 0.29) is 23.3 Å². The Hall–Kier alpha value is -3.53. The van der Waals surface area contributed by atoms with E-state index in [1.807, 2.05) is 51.0 Å². The molecular formula is C30H39N7O3. The average Bonchev–Trinajstić information content (AvgIpc) is 3.21. The molecule has 1 aliphatic carbocycles. The minimum Gasteiger partial charge on any atom is -0.444 e. The summed E-state index contributed by atoms with van der Waals surface area (Å²) in [7, 11) is 1.99. The molecule has 5 heterocycles. The standard InChI is InChI=1S/C30H39N7O3/c1-29(2,3)40-28(39)37-18-30(19-37)12-21(13-30)27(38)34-26-11-20-10-24(31-14-22(20)15-32-26)23-16-33-35(4)25(23)17-36-8-6-5-7-9-36/h10-11,14-16,21H,5-9,12-13,17-19H2,1-4H3,(H,32,34,38). The Morgan fingerprint density at radius 1 is 1.02 bits per heavy atom. The van der Waals surface area contributed by atoms with Gasteiger partial charge >= 0.3 is 6.09 Å². The zero-order chi connectivity index (χ0) is 28.1. The molecule has 3 fully saturated rings. The van der Waals surface area contributed by atoms with E-state index < -0.39 is 5.60 Å². The number of ether oxygens (including phenoxy) is 1. The predicted octanol–water partition coefficient (Wildman–Crippen LogP) is 4.60. The van der Waals surface area contributed by atoms with Crippen molar-refractivity contribution in [2.45, 2.75) is 65.0 Å². The molecule has 3 aliphatic rings. The SMILES string of the molecule is Cn1ncc(-c2cc3cc(NC(=O)C4CC5(C4)CN(C(=O)OC(C)(C)C)C5)ncc3cn2)c1CN1CCCCC1. The molecule has 10 nitrogen and oxygen atoms in total. The van der Waals surface area contributed by atoms with Gasteiger partial charge in [-0.25, -0.2) is 9.78 Å². The Morgan fingerprint density at radius 2 is 1.75 bits per heavy atom. The number of hydrogen-bond acceptors (Lipinski definition) is 7. The highest BCUT2D eigenvalue weighted by Gasteiger charge is 2.56. The van der Waals surface area contributed by atoms with E-state index in [1.54, 1.807) is 11.1 Å². The molecular weight excluding hydrogens is 506 g/mol. The molecule has 0 aromatic carbocycles.